The van der Waals surface area contributed by atoms with Gasteiger partial charge in [0.15, 0.2) is 5.16 Å². The number of ether oxygens (including phenoxy) is 1. The number of methoxy groups -OCH3 is 1. The van der Waals surface area contributed by atoms with Crippen molar-refractivity contribution in [2.45, 2.75) is 30.0 Å². The van der Waals surface area contributed by atoms with Gasteiger partial charge in [-0.25, -0.2) is 9.18 Å². The number of benzene rings is 2. The van der Waals surface area contributed by atoms with Gasteiger partial charge in [-0.15, -0.1) is 28.1 Å². The molecule has 0 radical (unpaired) electrons. The van der Waals surface area contributed by atoms with Crippen molar-refractivity contribution in [3.8, 4) is 11.1 Å². The molecule has 38 heavy (non-hydrogen) atoms. The maximum atomic E-state index is 13.4. The van der Waals surface area contributed by atoms with Crippen LogP contribution in [-0.4, -0.2) is 39.5 Å². The van der Waals surface area contributed by atoms with E-state index in [1.54, 1.807) is 23.6 Å². The summed E-state index contributed by atoms with van der Waals surface area (Å²) in [5, 5.41) is 14.4. The molecule has 4 aromatic rings. The molecule has 2 unspecified atom stereocenters. The first kappa shape index (κ1) is 25.9. The Morgan fingerprint density at radius 3 is 2.66 bits per heavy atom. The fourth-order valence-corrected chi connectivity index (χ4v) is 6.15. The summed E-state index contributed by atoms with van der Waals surface area (Å²) >= 11 is 2.49. The number of allylic oxidation sites excluding steroid dienone is 1. The fourth-order valence-electron chi connectivity index (χ4n) is 4.42. The van der Waals surface area contributed by atoms with Crippen LogP contribution in [0.4, 0.5) is 9.39 Å². The van der Waals surface area contributed by atoms with E-state index in [1.165, 1.54) is 47.9 Å². The average Bonchev–Trinajstić information content (AvgIpc) is 3.47. The number of carbonyl (C=O) groups excluding carboxylic acids is 2. The SMILES string of the molecule is C=CCn1c(SCC(=O)Nc2scc(-c3ccc(F)cc3)c2C(=O)OC)nnc1C1CC1c1ccccc1. The van der Waals surface area contributed by atoms with Crippen molar-refractivity contribution < 1.29 is 18.7 Å². The summed E-state index contributed by atoms with van der Waals surface area (Å²) in [6.45, 7) is 4.41. The van der Waals surface area contributed by atoms with Crippen LogP contribution >= 0.6 is 23.1 Å². The summed E-state index contributed by atoms with van der Waals surface area (Å²) in [5.74, 6) is 0.419. The van der Waals surface area contributed by atoms with Gasteiger partial charge < -0.3 is 14.6 Å². The third-order valence-corrected chi connectivity index (χ3v) is 8.19. The predicted molar refractivity (Wildman–Crippen MR) is 147 cm³/mol. The van der Waals surface area contributed by atoms with E-state index >= 15 is 0 Å². The number of thiophene rings is 1. The van der Waals surface area contributed by atoms with Gasteiger partial charge >= 0.3 is 5.97 Å². The molecule has 1 amide bonds. The fraction of sp³-hybridized carbons (Fsp3) is 0.214. The van der Waals surface area contributed by atoms with E-state index in [9.17, 15) is 14.0 Å². The van der Waals surface area contributed by atoms with Gasteiger partial charge in [-0.2, -0.15) is 0 Å². The van der Waals surface area contributed by atoms with E-state index in [4.69, 9.17) is 4.74 Å². The molecule has 2 aromatic heterocycles. The van der Waals surface area contributed by atoms with E-state index < -0.39 is 5.97 Å². The van der Waals surface area contributed by atoms with Crippen LogP contribution in [0.25, 0.3) is 11.1 Å². The van der Waals surface area contributed by atoms with Gasteiger partial charge in [0.2, 0.25) is 5.91 Å². The molecule has 1 aliphatic carbocycles. The molecule has 0 saturated heterocycles. The molecule has 1 saturated carbocycles. The number of thioether (sulfide) groups is 1. The predicted octanol–water partition coefficient (Wildman–Crippen LogP) is 6.12. The van der Waals surface area contributed by atoms with Gasteiger partial charge in [0.05, 0.1) is 12.9 Å². The van der Waals surface area contributed by atoms with Crippen LogP contribution in [0.3, 0.4) is 0 Å². The quantitative estimate of drug-likeness (QED) is 0.146. The summed E-state index contributed by atoms with van der Waals surface area (Å²) in [7, 11) is 1.28. The van der Waals surface area contributed by atoms with E-state index in [2.05, 4.69) is 34.2 Å². The van der Waals surface area contributed by atoms with Crippen molar-refractivity contribution in [1.82, 2.24) is 14.8 Å². The van der Waals surface area contributed by atoms with Crippen molar-refractivity contribution in [3.63, 3.8) is 0 Å². The first-order valence-corrected chi connectivity index (χ1v) is 13.8. The van der Waals surface area contributed by atoms with Gasteiger partial charge in [-0.1, -0.05) is 60.3 Å². The van der Waals surface area contributed by atoms with E-state index in [-0.39, 0.29) is 29.0 Å². The lowest BCUT2D eigenvalue weighted by Gasteiger charge is -2.09. The van der Waals surface area contributed by atoms with Gasteiger partial charge in [0.25, 0.3) is 0 Å². The molecule has 2 aromatic carbocycles. The van der Waals surface area contributed by atoms with E-state index in [0.717, 1.165) is 12.2 Å². The van der Waals surface area contributed by atoms with Gasteiger partial charge in [-0.3, -0.25) is 4.79 Å². The number of halogens is 1. The smallest absolute Gasteiger partial charge is 0.341 e. The van der Waals surface area contributed by atoms with E-state index in [1.807, 2.05) is 22.8 Å². The molecular weight excluding hydrogens is 523 g/mol. The van der Waals surface area contributed by atoms with Gasteiger partial charge in [0.1, 0.15) is 22.2 Å². The Bertz CT molecular complexity index is 1470. The van der Waals surface area contributed by atoms with Gasteiger partial charge in [0, 0.05) is 23.4 Å². The topological polar surface area (TPSA) is 86.1 Å². The number of hydrogen-bond acceptors (Lipinski definition) is 7. The summed E-state index contributed by atoms with van der Waals surface area (Å²) in [6, 6.07) is 16.2. The molecule has 10 heteroatoms. The minimum atomic E-state index is -0.582. The largest absolute Gasteiger partial charge is 0.465 e. The maximum absolute atomic E-state index is 13.4. The number of esters is 1. The Kier molecular flexibility index (Phi) is 7.71. The van der Waals surface area contributed by atoms with Crippen LogP contribution < -0.4 is 5.32 Å². The normalized spacial score (nSPS) is 16.2. The van der Waals surface area contributed by atoms with Crippen LogP contribution in [0.15, 0.2) is 77.8 Å². The van der Waals surface area contributed by atoms with Crippen molar-refractivity contribution in [3.05, 3.63) is 95.4 Å². The zero-order chi connectivity index (χ0) is 26.6. The second-order valence-corrected chi connectivity index (χ2v) is 10.6. The lowest BCUT2D eigenvalue weighted by molar-refractivity contribution is -0.113. The highest BCUT2D eigenvalue weighted by Crippen LogP contribution is 2.54. The minimum Gasteiger partial charge on any atom is -0.465 e. The summed E-state index contributed by atoms with van der Waals surface area (Å²) < 4.78 is 20.4. The zero-order valence-electron chi connectivity index (χ0n) is 20.6. The highest BCUT2D eigenvalue weighted by Gasteiger charge is 2.43. The Morgan fingerprint density at radius 2 is 1.95 bits per heavy atom. The molecule has 0 spiro atoms. The molecule has 1 fully saturated rings. The zero-order valence-corrected chi connectivity index (χ0v) is 22.2. The third kappa shape index (κ3) is 5.41. The number of nitrogens with zero attached hydrogens (tertiary/aromatic N) is 3. The average molecular weight is 549 g/mol. The minimum absolute atomic E-state index is 0.0758. The number of nitrogens with one attached hydrogen (secondary N) is 1. The summed E-state index contributed by atoms with van der Waals surface area (Å²) in [6.07, 6.45) is 2.80. The molecule has 0 bridgehead atoms. The molecule has 2 atom stereocenters. The number of rotatable bonds is 10. The molecule has 0 aliphatic heterocycles. The van der Waals surface area contributed by atoms with Crippen LogP contribution in [0.5, 0.6) is 0 Å². The van der Waals surface area contributed by atoms with Crippen LogP contribution in [0.1, 0.15) is 40.0 Å². The standard InChI is InChI=1S/C28H25FN4O3S2/c1-3-13-33-25(21-14-20(21)17-7-5-4-6-8-17)31-32-28(33)38-16-23(34)30-26-24(27(35)36-2)22(15-37-26)18-9-11-19(29)12-10-18/h3-12,15,20-21H,1,13-14,16H2,2H3,(H,30,34). The second kappa shape index (κ2) is 11.3. The van der Waals surface area contributed by atoms with Gasteiger partial charge in [-0.05, 0) is 35.6 Å². The Hall–Kier alpha value is -3.76. The second-order valence-electron chi connectivity index (χ2n) is 8.79. The lowest BCUT2D eigenvalue weighted by Crippen LogP contribution is -2.16. The van der Waals surface area contributed by atoms with Crippen LogP contribution in [-0.2, 0) is 16.1 Å². The number of hydrogen-bond donors (Lipinski definition) is 1. The summed E-state index contributed by atoms with van der Waals surface area (Å²) in [5.41, 5.74) is 2.74. The Labute approximate surface area is 227 Å². The monoisotopic (exact) mass is 548 g/mol. The molecule has 194 valence electrons. The maximum Gasteiger partial charge on any atom is 0.341 e. The molecule has 1 aliphatic rings. The van der Waals surface area contributed by atoms with Crippen molar-refractivity contribution in [2.75, 3.05) is 18.2 Å². The number of aromatic nitrogens is 3. The first-order valence-electron chi connectivity index (χ1n) is 12.0. The van der Waals surface area contributed by atoms with Crippen molar-refractivity contribution in [1.29, 1.82) is 0 Å². The van der Waals surface area contributed by atoms with Crippen molar-refractivity contribution in [2.24, 2.45) is 0 Å². The van der Waals surface area contributed by atoms with E-state index in [0.29, 0.717) is 33.7 Å². The third-order valence-electron chi connectivity index (χ3n) is 6.33. The highest BCUT2D eigenvalue weighted by molar-refractivity contribution is 7.99. The highest BCUT2D eigenvalue weighted by atomic mass is 32.2. The summed E-state index contributed by atoms with van der Waals surface area (Å²) in [4.78, 5) is 25.5. The molecule has 2 heterocycles. The lowest BCUT2D eigenvalue weighted by atomic mass is 10.0. The first-order chi connectivity index (χ1) is 18.5. The number of carbonyl (C=O) groups is 2. The van der Waals surface area contributed by atoms with Crippen LogP contribution in [0.2, 0.25) is 0 Å². The Balaban J connectivity index is 1.29. The number of anilines is 1. The Morgan fingerprint density at radius 1 is 1.18 bits per heavy atom. The van der Waals surface area contributed by atoms with Crippen molar-refractivity contribution >= 4 is 40.0 Å². The number of amides is 1. The molecule has 1 N–H and O–H groups in total. The van der Waals surface area contributed by atoms with Crippen LogP contribution in [0, 0.1) is 5.82 Å². The molecular formula is C28H25FN4O3S2. The molecule has 5 rings (SSSR count). The molecule has 7 nitrogen and oxygen atoms in total.